The number of hydrogen-bond acceptors (Lipinski definition) is 4. The molecule has 1 aromatic rings. The van der Waals surface area contributed by atoms with Crippen LogP contribution in [-0.4, -0.2) is 34.0 Å². The highest BCUT2D eigenvalue weighted by Gasteiger charge is 2.35. The summed E-state index contributed by atoms with van der Waals surface area (Å²) < 4.78 is 0. The molecule has 18 heavy (non-hydrogen) atoms. The van der Waals surface area contributed by atoms with Crippen LogP contribution in [0.25, 0.3) is 0 Å². The third kappa shape index (κ3) is 2.33. The number of hydrogen-bond donors (Lipinski definition) is 1. The molecule has 1 atom stereocenters. The van der Waals surface area contributed by atoms with Crippen LogP contribution in [-0.2, 0) is 4.79 Å². The molecule has 0 aliphatic carbocycles. The number of carboxylic acids is 1. The van der Waals surface area contributed by atoms with Crippen molar-refractivity contribution in [2.75, 3.05) is 13.1 Å². The summed E-state index contributed by atoms with van der Waals surface area (Å²) in [4.78, 5) is 22.8. The molecule has 0 radical (unpaired) electrons. The van der Waals surface area contributed by atoms with Crippen molar-refractivity contribution in [2.45, 2.75) is 13.0 Å². The van der Waals surface area contributed by atoms with Crippen LogP contribution in [0.2, 0.25) is 0 Å². The van der Waals surface area contributed by atoms with Crippen LogP contribution in [0.5, 0.6) is 0 Å². The van der Waals surface area contributed by atoms with E-state index in [4.69, 9.17) is 5.11 Å². The van der Waals surface area contributed by atoms with E-state index in [-0.39, 0.29) is 17.6 Å². The first-order valence-electron chi connectivity index (χ1n) is 5.70. The third-order valence-electron chi connectivity index (χ3n) is 3.39. The van der Waals surface area contributed by atoms with Crippen LogP contribution in [0.1, 0.15) is 18.5 Å². The molecule has 6 nitrogen and oxygen atoms in total. The zero-order valence-corrected chi connectivity index (χ0v) is 9.94. The van der Waals surface area contributed by atoms with Gasteiger partial charge in [0, 0.05) is 31.3 Å². The van der Waals surface area contributed by atoms with Crippen molar-refractivity contribution in [3.8, 4) is 0 Å². The molecule has 2 rings (SSSR count). The Labute approximate surface area is 104 Å². The van der Waals surface area contributed by atoms with E-state index < -0.39 is 10.9 Å². The molecule has 0 spiro atoms. The molecular formula is C12H14N2O4. The topological polar surface area (TPSA) is 83.7 Å². The molecule has 6 heteroatoms. The smallest absolute Gasteiger partial charge is 0.309 e. The zero-order chi connectivity index (χ0) is 13.3. The Morgan fingerprint density at radius 1 is 1.44 bits per heavy atom. The summed E-state index contributed by atoms with van der Waals surface area (Å²) in [5.74, 6) is -1.05. The van der Waals surface area contributed by atoms with Crippen molar-refractivity contribution >= 4 is 11.7 Å². The quantitative estimate of drug-likeness (QED) is 0.649. The van der Waals surface area contributed by atoms with Gasteiger partial charge in [-0.25, -0.2) is 0 Å². The number of benzene rings is 1. The number of non-ortho nitro benzene ring substituents is 1. The van der Waals surface area contributed by atoms with Gasteiger partial charge in [0.1, 0.15) is 0 Å². The summed E-state index contributed by atoms with van der Waals surface area (Å²) in [6.45, 7) is 3.04. The van der Waals surface area contributed by atoms with Crippen molar-refractivity contribution in [1.82, 2.24) is 4.90 Å². The Bertz CT molecular complexity index is 465. The maximum atomic E-state index is 10.7. The van der Waals surface area contributed by atoms with Gasteiger partial charge in [-0.3, -0.25) is 19.8 Å². The summed E-state index contributed by atoms with van der Waals surface area (Å²) in [5, 5.41) is 19.3. The van der Waals surface area contributed by atoms with Crippen molar-refractivity contribution in [3.05, 3.63) is 39.9 Å². The molecule has 1 aliphatic rings. The van der Waals surface area contributed by atoms with Crippen molar-refractivity contribution in [3.63, 3.8) is 0 Å². The molecule has 1 aromatic carbocycles. The molecule has 0 bridgehead atoms. The number of nitrogens with zero attached hydrogens (tertiary/aromatic N) is 2. The van der Waals surface area contributed by atoms with E-state index in [1.165, 1.54) is 12.1 Å². The van der Waals surface area contributed by atoms with Crippen LogP contribution in [0.3, 0.4) is 0 Å². The molecule has 96 valence electrons. The Balaban J connectivity index is 2.00. The second-order valence-corrected chi connectivity index (χ2v) is 4.51. The molecule has 1 saturated heterocycles. The number of carbonyl (C=O) groups is 1. The van der Waals surface area contributed by atoms with E-state index in [1.807, 2.05) is 11.8 Å². The maximum absolute atomic E-state index is 10.7. The lowest BCUT2D eigenvalue weighted by atomic mass is 9.95. The van der Waals surface area contributed by atoms with Crippen molar-refractivity contribution < 1.29 is 14.8 Å². The second kappa shape index (κ2) is 4.73. The third-order valence-corrected chi connectivity index (χ3v) is 3.39. The highest BCUT2D eigenvalue weighted by Crippen LogP contribution is 2.29. The molecular weight excluding hydrogens is 236 g/mol. The highest BCUT2D eigenvalue weighted by molar-refractivity contribution is 5.71. The number of nitro benzene ring substituents is 1. The van der Waals surface area contributed by atoms with Gasteiger partial charge >= 0.3 is 5.97 Å². The van der Waals surface area contributed by atoms with E-state index in [0.29, 0.717) is 13.1 Å². The zero-order valence-electron chi connectivity index (χ0n) is 9.94. The van der Waals surface area contributed by atoms with Crippen LogP contribution < -0.4 is 0 Å². The number of aliphatic carboxylic acids is 1. The fraction of sp³-hybridized carbons (Fsp3) is 0.417. The Morgan fingerprint density at radius 3 is 2.44 bits per heavy atom. The summed E-state index contributed by atoms with van der Waals surface area (Å²) in [6.07, 6.45) is 0. The van der Waals surface area contributed by atoms with Gasteiger partial charge in [0.25, 0.3) is 5.69 Å². The van der Waals surface area contributed by atoms with E-state index >= 15 is 0 Å². The standard InChI is InChI=1S/C12H14N2O4/c1-8(13-6-10(7-13)12(15)16)9-2-4-11(5-3-9)14(17)18/h2-5,8,10H,6-7H2,1H3,(H,15,16). The Hall–Kier alpha value is -1.95. The van der Waals surface area contributed by atoms with E-state index in [2.05, 4.69) is 0 Å². The summed E-state index contributed by atoms with van der Waals surface area (Å²) in [6, 6.07) is 6.47. The molecule has 0 saturated carbocycles. The number of likely N-dealkylation sites (tertiary alicyclic amines) is 1. The van der Waals surface area contributed by atoms with Gasteiger partial charge in [0.15, 0.2) is 0 Å². The van der Waals surface area contributed by atoms with E-state index in [9.17, 15) is 14.9 Å². The Morgan fingerprint density at radius 2 is 2.00 bits per heavy atom. The molecule has 1 aliphatic heterocycles. The highest BCUT2D eigenvalue weighted by atomic mass is 16.6. The normalized spacial score (nSPS) is 18.1. The fourth-order valence-corrected chi connectivity index (χ4v) is 2.07. The van der Waals surface area contributed by atoms with Gasteiger partial charge in [-0.05, 0) is 12.5 Å². The number of rotatable bonds is 4. The molecule has 1 unspecified atom stereocenters. The number of carboxylic acid groups (broad SMARTS) is 1. The monoisotopic (exact) mass is 250 g/mol. The second-order valence-electron chi connectivity index (χ2n) is 4.51. The van der Waals surface area contributed by atoms with Gasteiger partial charge in [0.2, 0.25) is 0 Å². The van der Waals surface area contributed by atoms with Crippen LogP contribution in [0.4, 0.5) is 5.69 Å². The predicted octanol–water partition coefficient (Wildman–Crippen LogP) is 1.67. The number of nitro groups is 1. The molecule has 1 fully saturated rings. The van der Waals surface area contributed by atoms with Gasteiger partial charge in [-0.15, -0.1) is 0 Å². The van der Waals surface area contributed by atoms with Gasteiger partial charge in [-0.2, -0.15) is 0 Å². The largest absolute Gasteiger partial charge is 0.481 e. The van der Waals surface area contributed by atoms with Gasteiger partial charge < -0.3 is 5.11 Å². The molecule has 0 aromatic heterocycles. The first-order chi connectivity index (χ1) is 8.49. The first kappa shape index (κ1) is 12.5. The average Bonchev–Trinajstić information content (AvgIpc) is 2.26. The summed E-state index contributed by atoms with van der Waals surface area (Å²) >= 11 is 0. The molecule has 1 heterocycles. The van der Waals surface area contributed by atoms with Crippen LogP contribution >= 0.6 is 0 Å². The SMILES string of the molecule is CC(c1ccc([N+](=O)[O-])cc1)N1CC(C(=O)O)C1. The first-order valence-corrected chi connectivity index (χ1v) is 5.70. The minimum atomic E-state index is -0.762. The van der Waals surface area contributed by atoms with Crippen molar-refractivity contribution in [1.29, 1.82) is 0 Å². The van der Waals surface area contributed by atoms with Gasteiger partial charge in [0.05, 0.1) is 10.8 Å². The molecule has 1 N–H and O–H groups in total. The van der Waals surface area contributed by atoms with E-state index in [0.717, 1.165) is 5.56 Å². The minimum absolute atomic E-state index is 0.0676. The maximum Gasteiger partial charge on any atom is 0.309 e. The van der Waals surface area contributed by atoms with Crippen LogP contribution in [0.15, 0.2) is 24.3 Å². The summed E-state index contributed by atoms with van der Waals surface area (Å²) in [7, 11) is 0. The lowest BCUT2D eigenvalue weighted by Gasteiger charge is -2.41. The molecule has 0 amide bonds. The summed E-state index contributed by atoms with van der Waals surface area (Å²) in [5.41, 5.74) is 1.03. The predicted molar refractivity (Wildman–Crippen MR) is 64.2 cm³/mol. The minimum Gasteiger partial charge on any atom is -0.481 e. The van der Waals surface area contributed by atoms with Gasteiger partial charge in [-0.1, -0.05) is 12.1 Å². The lowest BCUT2D eigenvalue weighted by molar-refractivity contribution is -0.384. The fourth-order valence-electron chi connectivity index (χ4n) is 2.07. The van der Waals surface area contributed by atoms with Crippen molar-refractivity contribution in [2.24, 2.45) is 5.92 Å². The van der Waals surface area contributed by atoms with E-state index in [1.54, 1.807) is 12.1 Å². The lowest BCUT2D eigenvalue weighted by Crippen LogP contribution is -2.51. The average molecular weight is 250 g/mol. The van der Waals surface area contributed by atoms with Crippen LogP contribution in [0, 0.1) is 16.0 Å². The Kier molecular flexibility index (Phi) is 3.29.